The molecule has 1 saturated heterocycles. The number of methoxy groups -OCH3 is 2. The van der Waals surface area contributed by atoms with Crippen LogP contribution in [0, 0.1) is 23.2 Å². The van der Waals surface area contributed by atoms with Crippen molar-refractivity contribution in [3.05, 3.63) is 35.3 Å². The number of nitriles is 1. The fourth-order valence-corrected chi connectivity index (χ4v) is 3.64. The molecule has 0 spiro atoms. The lowest BCUT2D eigenvalue weighted by Crippen LogP contribution is -2.38. The molecule has 0 amide bonds. The molecule has 1 aliphatic rings. The first-order valence-electron chi connectivity index (χ1n) is 9.10. The van der Waals surface area contributed by atoms with Crippen molar-refractivity contribution < 1.29 is 13.9 Å². The van der Waals surface area contributed by atoms with E-state index in [0.29, 0.717) is 40.8 Å². The number of hydrogen-bond donors (Lipinski definition) is 0. The van der Waals surface area contributed by atoms with Gasteiger partial charge in [0, 0.05) is 19.2 Å². The molecule has 27 heavy (non-hydrogen) atoms. The number of hydrogen-bond acceptors (Lipinski definition) is 6. The lowest BCUT2D eigenvalue weighted by Gasteiger charge is -2.34. The van der Waals surface area contributed by atoms with E-state index < -0.39 is 0 Å². The molecular formula is C21H25N3O3. The van der Waals surface area contributed by atoms with E-state index >= 15 is 0 Å². The molecule has 1 aromatic carbocycles. The molecule has 1 aliphatic heterocycles. The third-order valence-corrected chi connectivity index (χ3v) is 4.71. The minimum absolute atomic E-state index is 0.336. The van der Waals surface area contributed by atoms with Crippen LogP contribution in [0.5, 0.6) is 11.5 Å². The quantitative estimate of drug-likeness (QED) is 0.788. The van der Waals surface area contributed by atoms with Crippen LogP contribution in [0.2, 0.25) is 0 Å². The molecule has 2 aromatic rings. The Morgan fingerprint density at radius 2 is 1.85 bits per heavy atom. The van der Waals surface area contributed by atoms with Gasteiger partial charge in [0.15, 0.2) is 11.5 Å². The van der Waals surface area contributed by atoms with Crippen LogP contribution in [0.3, 0.4) is 0 Å². The lowest BCUT2D eigenvalue weighted by molar-refractivity contribution is 0.342. The summed E-state index contributed by atoms with van der Waals surface area (Å²) in [4.78, 5) is 6.47. The molecule has 0 aliphatic carbocycles. The highest BCUT2D eigenvalue weighted by Crippen LogP contribution is 2.31. The summed E-state index contributed by atoms with van der Waals surface area (Å²) in [6.45, 7) is 6.21. The third kappa shape index (κ3) is 4.25. The second-order valence-corrected chi connectivity index (χ2v) is 7.12. The summed E-state index contributed by atoms with van der Waals surface area (Å²) < 4.78 is 16.5. The van der Waals surface area contributed by atoms with Crippen molar-refractivity contribution in [3.63, 3.8) is 0 Å². The average Bonchev–Trinajstić information content (AvgIpc) is 3.08. The fourth-order valence-electron chi connectivity index (χ4n) is 3.64. The van der Waals surface area contributed by atoms with Crippen molar-refractivity contribution in [3.8, 4) is 17.6 Å². The van der Waals surface area contributed by atoms with Crippen LogP contribution in [-0.4, -0.2) is 32.3 Å². The van der Waals surface area contributed by atoms with Crippen molar-refractivity contribution in [2.75, 3.05) is 32.2 Å². The standard InChI is InChI=1S/C21H25N3O3/c1-14-9-15(2)13-24(12-14)21-17(11-22)23-20(27-21)8-6-16-5-7-18(25-3)19(10-16)26-4/h5-8,10,14-15H,9,12-13H2,1-4H3/b8-6+/t14-,15-/m1/s1. The van der Waals surface area contributed by atoms with E-state index in [2.05, 4.69) is 29.8 Å². The van der Waals surface area contributed by atoms with Crippen LogP contribution < -0.4 is 14.4 Å². The van der Waals surface area contributed by atoms with E-state index in [1.54, 1.807) is 20.3 Å². The largest absolute Gasteiger partial charge is 0.493 e. The van der Waals surface area contributed by atoms with Gasteiger partial charge >= 0.3 is 0 Å². The van der Waals surface area contributed by atoms with Crippen LogP contribution in [0.1, 0.15) is 37.4 Å². The molecule has 2 atom stereocenters. The summed E-state index contributed by atoms with van der Waals surface area (Å²) in [5, 5.41) is 9.45. The summed E-state index contributed by atoms with van der Waals surface area (Å²) >= 11 is 0. The van der Waals surface area contributed by atoms with Crippen molar-refractivity contribution in [2.24, 2.45) is 11.8 Å². The zero-order valence-electron chi connectivity index (χ0n) is 16.2. The van der Waals surface area contributed by atoms with Gasteiger partial charge in [0.2, 0.25) is 17.5 Å². The first-order valence-corrected chi connectivity index (χ1v) is 9.10. The molecule has 142 valence electrons. The van der Waals surface area contributed by atoms with E-state index in [0.717, 1.165) is 18.7 Å². The van der Waals surface area contributed by atoms with Crippen LogP contribution in [0.25, 0.3) is 12.2 Å². The number of aromatic nitrogens is 1. The number of oxazole rings is 1. The summed E-state index contributed by atoms with van der Waals surface area (Å²) in [7, 11) is 3.21. The number of nitrogens with zero attached hydrogens (tertiary/aromatic N) is 3. The summed E-state index contributed by atoms with van der Waals surface area (Å²) in [5.41, 5.74) is 1.26. The van der Waals surface area contributed by atoms with E-state index in [1.165, 1.54) is 6.42 Å². The van der Waals surface area contributed by atoms with Crippen molar-refractivity contribution in [1.82, 2.24) is 4.98 Å². The van der Waals surface area contributed by atoms with Crippen LogP contribution in [-0.2, 0) is 0 Å². The van der Waals surface area contributed by atoms with Gasteiger partial charge in [-0.2, -0.15) is 10.2 Å². The molecule has 0 unspecified atom stereocenters. The second-order valence-electron chi connectivity index (χ2n) is 7.12. The number of rotatable bonds is 5. The van der Waals surface area contributed by atoms with Gasteiger partial charge in [-0.05, 0) is 42.0 Å². The molecule has 2 heterocycles. The smallest absolute Gasteiger partial charge is 0.235 e. The molecular weight excluding hydrogens is 342 g/mol. The molecule has 6 nitrogen and oxygen atoms in total. The topological polar surface area (TPSA) is 71.5 Å². The summed E-state index contributed by atoms with van der Waals surface area (Å²) in [5.74, 6) is 3.45. The molecule has 0 N–H and O–H groups in total. The van der Waals surface area contributed by atoms with Crippen LogP contribution in [0.4, 0.5) is 5.88 Å². The molecule has 1 fully saturated rings. The highest BCUT2D eigenvalue weighted by Gasteiger charge is 2.27. The second kappa shape index (κ2) is 8.17. The number of benzene rings is 1. The van der Waals surface area contributed by atoms with E-state index in [1.807, 2.05) is 24.3 Å². The average molecular weight is 367 g/mol. The Morgan fingerprint density at radius 3 is 2.48 bits per heavy atom. The Labute approximate surface area is 160 Å². The number of ether oxygens (including phenoxy) is 2. The van der Waals surface area contributed by atoms with Crippen molar-refractivity contribution in [2.45, 2.75) is 20.3 Å². The van der Waals surface area contributed by atoms with Gasteiger partial charge in [0.1, 0.15) is 6.07 Å². The minimum atomic E-state index is 0.336. The maximum atomic E-state index is 9.45. The maximum absolute atomic E-state index is 9.45. The molecule has 1 aromatic heterocycles. The monoisotopic (exact) mass is 367 g/mol. The van der Waals surface area contributed by atoms with Crippen molar-refractivity contribution >= 4 is 18.0 Å². The van der Waals surface area contributed by atoms with Gasteiger partial charge in [-0.25, -0.2) is 0 Å². The normalized spacial score (nSPS) is 19.9. The zero-order chi connectivity index (χ0) is 19.4. The Morgan fingerprint density at radius 1 is 1.15 bits per heavy atom. The minimum Gasteiger partial charge on any atom is -0.493 e. The fraction of sp³-hybridized carbons (Fsp3) is 0.429. The van der Waals surface area contributed by atoms with E-state index in [4.69, 9.17) is 13.9 Å². The van der Waals surface area contributed by atoms with Gasteiger partial charge in [-0.3, -0.25) is 0 Å². The Kier molecular flexibility index (Phi) is 5.70. The van der Waals surface area contributed by atoms with E-state index in [9.17, 15) is 5.26 Å². The number of anilines is 1. The van der Waals surface area contributed by atoms with Gasteiger partial charge < -0.3 is 18.8 Å². The Bertz CT molecular complexity index is 856. The Hall–Kier alpha value is -2.94. The van der Waals surface area contributed by atoms with Crippen LogP contribution >= 0.6 is 0 Å². The van der Waals surface area contributed by atoms with Crippen LogP contribution in [0.15, 0.2) is 22.6 Å². The molecule has 3 rings (SSSR count). The third-order valence-electron chi connectivity index (χ3n) is 4.71. The SMILES string of the molecule is COc1ccc(/C=C/c2nc(C#N)c(N3C[C@H](C)C[C@@H](C)C3)o2)cc1OC. The first-order chi connectivity index (χ1) is 13.0. The van der Waals surface area contributed by atoms with Gasteiger partial charge in [-0.1, -0.05) is 19.9 Å². The molecule has 6 heteroatoms. The highest BCUT2D eigenvalue weighted by atomic mass is 16.5. The van der Waals surface area contributed by atoms with Gasteiger partial charge in [-0.15, -0.1) is 0 Å². The summed E-state index contributed by atoms with van der Waals surface area (Å²) in [6.07, 6.45) is 4.83. The van der Waals surface area contributed by atoms with E-state index in [-0.39, 0.29) is 0 Å². The first kappa shape index (κ1) is 18.8. The number of piperidine rings is 1. The Balaban J connectivity index is 1.83. The van der Waals surface area contributed by atoms with Gasteiger partial charge in [0.05, 0.1) is 14.2 Å². The molecule has 0 radical (unpaired) electrons. The molecule has 0 saturated carbocycles. The predicted octanol–water partition coefficient (Wildman–Crippen LogP) is 4.22. The predicted molar refractivity (Wildman–Crippen MR) is 105 cm³/mol. The summed E-state index contributed by atoms with van der Waals surface area (Å²) in [6, 6.07) is 7.79. The maximum Gasteiger partial charge on any atom is 0.235 e. The van der Waals surface area contributed by atoms with Crippen molar-refractivity contribution in [1.29, 1.82) is 5.26 Å². The lowest BCUT2D eigenvalue weighted by atomic mass is 9.92. The zero-order valence-corrected chi connectivity index (χ0v) is 16.2. The van der Waals surface area contributed by atoms with Gasteiger partial charge in [0.25, 0.3) is 0 Å². The highest BCUT2D eigenvalue weighted by molar-refractivity contribution is 5.69. The molecule has 0 bridgehead atoms.